The maximum atomic E-state index is 14.1. The van der Waals surface area contributed by atoms with E-state index in [9.17, 15) is 22.4 Å². The molecule has 0 saturated heterocycles. The third kappa shape index (κ3) is 5.52. The van der Waals surface area contributed by atoms with Gasteiger partial charge in [-0.3, -0.25) is 4.79 Å². The number of aromatic nitrogens is 1. The highest BCUT2D eigenvalue weighted by atomic mass is 19.4. The van der Waals surface area contributed by atoms with Crippen molar-refractivity contribution in [2.24, 2.45) is 23.2 Å². The molecule has 4 saturated carbocycles. The van der Waals surface area contributed by atoms with Crippen LogP contribution in [0.25, 0.3) is 11.1 Å². The van der Waals surface area contributed by atoms with Crippen LogP contribution in [-0.2, 0) is 6.18 Å². The highest BCUT2D eigenvalue weighted by Crippen LogP contribution is 2.61. The van der Waals surface area contributed by atoms with Crippen LogP contribution >= 0.6 is 0 Å². The number of benzene rings is 2. The first-order chi connectivity index (χ1) is 18.7. The van der Waals surface area contributed by atoms with E-state index in [0.29, 0.717) is 28.7 Å². The van der Waals surface area contributed by atoms with Crippen LogP contribution in [0.15, 0.2) is 60.8 Å². The zero-order valence-corrected chi connectivity index (χ0v) is 21.4. The topological polar surface area (TPSA) is 51.2 Å². The van der Waals surface area contributed by atoms with E-state index in [4.69, 9.17) is 4.74 Å². The fraction of sp³-hybridized carbons (Fsp3) is 0.419. The SMILES string of the molecule is O=C(NCCC12CC3CC(CC(C3)C1)C2)c1cnc(Oc2ccc(C(F)(F)F)cc2)c(-c2cccc(F)c2)c1. The molecule has 0 radical (unpaired) electrons. The Hall–Kier alpha value is -3.42. The molecule has 4 bridgehead atoms. The summed E-state index contributed by atoms with van der Waals surface area (Å²) in [6.45, 7) is 0.587. The van der Waals surface area contributed by atoms with Crippen LogP contribution in [0, 0.1) is 29.0 Å². The molecule has 4 aliphatic carbocycles. The number of nitrogens with zero attached hydrogens (tertiary/aromatic N) is 1. The van der Waals surface area contributed by atoms with E-state index in [1.807, 2.05) is 0 Å². The summed E-state index contributed by atoms with van der Waals surface area (Å²) in [5.74, 6) is 2.00. The van der Waals surface area contributed by atoms with E-state index in [1.54, 1.807) is 12.1 Å². The molecule has 0 spiro atoms. The molecule has 4 nitrogen and oxygen atoms in total. The lowest BCUT2D eigenvalue weighted by atomic mass is 9.49. The molecule has 1 amide bonds. The first-order valence-corrected chi connectivity index (χ1v) is 13.6. The monoisotopic (exact) mass is 538 g/mol. The van der Waals surface area contributed by atoms with Crippen molar-refractivity contribution >= 4 is 5.91 Å². The van der Waals surface area contributed by atoms with Gasteiger partial charge < -0.3 is 10.1 Å². The fourth-order valence-electron chi connectivity index (χ4n) is 7.48. The summed E-state index contributed by atoms with van der Waals surface area (Å²) in [7, 11) is 0. The number of halogens is 4. The third-order valence-electron chi connectivity index (χ3n) is 8.75. The summed E-state index contributed by atoms with van der Waals surface area (Å²) in [5.41, 5.74) is 0.663. The summed E-state index contributed by atoms with van der Waals surface area (Å²) < 4.78 is 58.7. The molecule has 0 aliphatic heterocycles. The summed E-state index contributed by atoms with van der Waals surface area (Å²) >= 11 is 0. The Morgan fingerprint density at radius 1 is 0.974 bits per heavy atom. The van der Waals surface area contributed by atoms with Crippen molar-refractivity contribution in [2.45, 2.75) is 51.1 Å². The number of rotatable bonds is 7. The number of pyridine rings is 1. The Bertz CT molecular complexity index is 1330. The van der Waals surface area contributed by atoms with Gasteiger partial charge in [-0.25, -0.2) is 9.37 Å². The molecule has 0 unspecified atom stereocenters. The van der Waals surface area contributed by atoms with Crippen LogP contribution in [-0.4, -0.2) is 17.4 Å². The van der Waals surface area contributed by atoms with Gasteiger partial charge in [0.15, 0.2) is 0 Å². The van der Waals surface area contributed by atoms with Crippen molar-refractivity contribution in [3.8, 4) is 22.8 Å². The first kappa shape index (κ1) is 25.8. The Labute approximate surface area is 224 Å². The summed E-state index contributed by atoms with van der Waals surface area (Å²) in [4.78, 5) is 17.4. The van der Waals surface area contributed by atoms with Gasteiger partial charge in [0.2, 0.25) is 5.88 Å². The number of carbonyl (C=O) groups is 1. The lowest BCUT2D eigenvalue weighted by molar-refractivity contribution is -0.137. The van der Waals surface area contributed by atoms with Crippen molar-refractivity contribution < 1.29 is 27.1 Å². The van der Waals surface area contributed by atoms with Crippen molar-refractivity contribution in [3.63, 3.8) is 0 Å². The molecule has 1 aromatic heterocycles. The third-order valence-corrected chi connectivity index (χ3v) is 8.75. The van der Waals surface area contributed by atoms with Crippen molar-refractivity contribution in [1.82, 2.24) is 10.3 Å². The molecule has 4 fully saturated rings. The fourth-order valence-corrected chi connectivity index (χ4v) is 7.48. The highest BCUT2D eigenvalue weighted by molar-refractivity contribution is 5.95. The molecule has 1 N–H and O–H groups in total. The van der Waals surface area contributed by atoms with E-state index in [2.05, 4.69) is 10.3 Å². The van der Waals surface area contributed by atoms with Gasteiger partial charge in [-0.1, -0.05) is 12.1 Å². The summed E-state index contributed by atoms with van der Waals surface area (Å²) in [6.07, 6.45) is 5.84. The van der Waals surface area contributed by atoms with E-state index in [0.717, 1.165) is 36.3 Å². The predicted molar refractivity (Wildman–Crippen MR) is 139 cm³/mol. The minimum atomic E-state index is -4.46. The number of ether oxygens (including phenoxy) is 1. The van der Waals surface area contributed by atoms with Crippen molar-refractivity contribution in [2.75, 3.05) is 6.54 Å². The van der Waals surface area contributed by atoms with Crippen LogP contribution in [0.1, 0.15) is 60.9 Å². The van der Waals surface area contributed by atoms with Gasteiger partial charge >= 0.3 is 6.18 Å². The van der Waals surface area contributed by atoms with Crippen LogP contribution in [0.3, 0.4) is 0 Å². The van der Waals surface area contributed by atoms with Gasteiger partial charge in [0, 0.05) is 18.3 Å². The number of nitrogens with one attached hydrogen (secondary N) is 1. The van der Waals surface area contributed by atoms with Gasteiger partial charge in [0.25, 0.3) is 5.91 Å². The first-order valence-electron chi connectivity index (χ1n) is 13.6. The molecule has 0 atom stereocenters. The predicted octanol–water partition coefficient (Wildman–Crippen LogP) is 8.04. The zero-order chi connectivity index (χ0) is 27.2. The van der Waals surface area contributed by atoms with Gasteiger partial charge in [-0.2, -0.15) is 13.2 Å². The van der Waals surface area contributed by atoms with Crippen LogP contribution < -0.4 is 10.1 Å². The van der Waals surface area contributed by atoms with Crippen LogP contribution in [0.5, 0.6) is 11.6 Å². The van der Waals surface area contributed by atoms with E-state index in [-0.39, 0.29) is 17.5 Å². The molecule has 204 valence electrons. The minimum absolute atomic E-state index is 0.0606. The van der Waals surface area contributed by atoms with Gasteiger partial charge in [-0.05, 0) is 116 Å². The summed E-state index contributed by atoms with van der Waals surface area (Å²) in [5, 5.41) is 3.05. The molecule has 1 heterocycles. The number of carbonyl (C=O) groups excluding carboxylic acids is 1. The zero-order valence-electron chi connectivity index (χ0n) is 21.4. The second-order valence-corrected chi connectivity index (χ2v) is 11.6. The Morgan fingerprint density at radius 2 is 1.64 bits per heavy atom. The van der Waals surface area contributed by atoms with Gasteiger partial charge in [0.05, 0.1) is 11.1 Å². The molecule has 3 aromatic rings. The molecule has 4 aliphatic rings. The molecular weight excluding hydrogens is 508 g/mol. The average molecular weight is 539 g/mol. The second kappa shape index (κ2) is 9.96. The lowest BCUT2D eigenvalue weighted by Gasteiger charge is -2.57. The number of alkyl halides is 3. The van der Waals surface area contributed by atoms with E-state index >= 15 is 0 Å². The normalized spacial score (nSPS) is 25.5. The van der Waals surface area contributed by atoms with Crippen molar-refractivity contribution in [3.05, 3.63) is 77.7 Å². The summed E-state index contributed by atoms with van der Waals surface area (Å²) in [6, 6.07) is 11.6. The highest BCUT2D eigenvalue weighted by Gasteiger charge is 2.50. The van der Waals surface area contributed by atoms with E-state index in [1.165, 1.54) is 75.1 Å². The van der Waals surface area contributed by atoms with E-state index < -0.39 is 17.6 Å². The Morgan fingerprint density at radius 3 is 2.26 bits per heavy atom. The number of hydrogen-bond donors (Lipinski definition) is 1. The van der Waals surface area contributed by atoms with Crippen molar-refractivity contribution in [1.29, 1.82) is 0 Å². The van der Waals surface area contributed by atoms with Gasteiger partial charge in [-0.15, -0.1) is 0 Å². The largest absolute Gasteiger partial charge is 0.438 e. The Balaban J connectivity index is 1.19. The number of amides is 1. The molecular formula is C31H30F4N2O2. The number of hydrogen-bond acceptors (Lipinski definition) is 3. The molecule has 2 aromatic carbocycles. The maximum Gasteiger partial charge on any atom is 0.416 e. The smallest absolute Gasteiger partial charge is 0.416 e. The quantitative estimate of drug-likeness (QED) is 0.310. The lowest BCUT2D eigenvalue weighted by Crippen LogP contribution is -2.47. The maximum absolute atomic E-state index is 14.1. The standard InChI is InChI=1S/C31H30F4N2O2/c32-25-3-1-2-22(13-25)27-14-23(18-37-29(27)39-26-6-4-24(5-7-26)31(33,34)35)28(38)36-9-8-30-15-19-10-20(16-30)12-21(11-19)17-30/h1-7,13-14,18-21H,8-12,15-17H2,(H,36,38). The second-order valence-electron chi connectivity index (χ2n) is 11.6. The van der Waals surface area contributed by atoms with Gasteiger partial charge in [0.1, 0.15) is 11.6 Å². The molecule has 7 rings (SSSR count). The average Bonchev–Trinajstić information content (AvgIpc) is 2.88. The van der Waals surface area contributed by atoms with Crippen LogP contribution in [0.2, 0.25) is 0 Å². The molecule has 39 heavy (non-hydrogen) atoms. The minimum Gasteiger partial charge on any atom is -0.438 e. The molecule has 8 heteroatoms. The Kier molecular flexibility index (Phi) is 6.60. The van der Waals surface area contributed by atoms with Crippen LogP contribution in [0.4, 0.5) is 17.6 Å².